The summed E-state index contributed by atoms with van der Waals surface area (Å²) in [4.78, 5) is 1.57. The van der Waals surface area contributed by atoms with Crippen molar-refractivity contribution in [2.45, 2.75) is 38.0 Å². The van der Waals surface area contributed by atoms with Gasteiger partial charge in [0.15, 0.2) is 5.60 Å². The highest BCUT2D eigenvalue weighted by atomic mass is 19.4. The summed E-state index contributed by atoms with van der Waals surface area (Å²) in [7, 11) is 0. The van der Waals surface area contributed by atoms with Crippen molar-refractivity contribution in [2.24, 2.45) is 0 Å². The van der Waals surface area contributed by atoms with Gasteiger partial charge in [-0.05, 0) is 18.1 Å². The molecule has 0 fully saturated rings. The van der Waals surface area contributed by atoms with E-state index in [1.165, 1.54) is 0 Å². The largest absolute Gasteiger partial charge is 0.419 e. The summed E-state index contributed by atoms with van der Waals surface area (Å²) in [6.07, 6.45) is -7.49. The molecule has 0 saturated carbocycles. The monoisotopic (exact) mass is 355 g/mol. The molecule has 0 spiro atoms. The van der Waals surface area contributed by atoms with Crippen LogP contribution in [0.4, 0.5) is 17.6 Å². The number of halogens is 4. The van der Waals surface area contributed by atoms with Crippen molar-refractivity contribution in [3.8, 4) is 0 Å². The van der Waals surface area contributed by atoms with Gasteiger partial charge in [0.2, 0.25) is 0 Å². The summed E-state index contributed by atoms with van der Waals surface area (Å²) in [6.45, 7) is 0.505. The highest BCUT2D eigenvalue weighted by Gasteiger charge is 2.55. The first kappa shape index (κ1) is 19.4. The molecule has 0 aromatic heterocycles. The van der Waals surface area contributed by atoms with Crippen LogP contribution in [0.1, 0.15) is 18.1 Å². The number of benzene rings is 2. The normalized spacial score (nSPS) is 15.8. The Morgan fingerprint density at radius 2 is 1.28 bits per heavy atom. The number of nitrogens with zero attached hydrogens (tertiary/aromatic N) is 1. The molecule has 0 heterocycles. The summed E-state index contributed by atoms with van der Waals surface area (Å²) in [5.74, 6) is 0. The van der Waals surface area contributed by atoms with Crippen molar-refractivity contribution in [3.63, 3.8) is 0 Å². The second kappa shape index (κ2) is 7.97. The third kappa shape index (κ3) is 5.28. The fourth-order valence-electron chi connectivity index (χ4n) is 2.45. The van der Waals surface area contributed by atoms with Gasteiger partial charge in [0.05, 0.1) is 0 Å². The second-order valence-electron chi connectivity index (χ2n) is 6.25. The third-order valence-corrected chi connectivity index (χ3v) is 4.10. The zero-order valence-corrected chi connectivity index (χ0v) is 13.9. The molecule has 2 aromatic carbocycles. The van der Waals surface area contributed by atoms with E-state index in [0.29, 0.717) is 6.92 Å². The quantitative estimate of drug-likeness (QED) is 0.747. The van der Waals surface area contributed by atoms with Crippen molar-refractivity contribution >= 4 is 0 Å². The van der Waals surface area contributed by atoms with E-state index in [-0.39, 0.29) is 13.1 Å². The van der Waals surface area contributed by atoms with E-state index in [4.69, 9.17) is 0 Å². The molecule has 0 aliphatic rings. The Labute approximate surface area is 144 Å². The average molecular weight is 355 g/mol. The van der Waals surface area contributed by atoms with Gasteiger partial charge in [-0.15, -0.1) is 0 Å². The number of rotatable bonds is 7. The van der Waals surface area contributed by atoms with Crippen molar-refractivity contribution < 1.29 is 22.7 Å². The van der Waals surface area contributed by atoms with Gasteiger partial charge in [-0.2, -0.15) is 13.2 Å². The van der Waals surface area contributed by atoms with Crippen molar-refractivity contribution in [2.75, 3.05) is 6.54 Å². The van der Waals surface area contributed by atoms with Gasteiger partial charge >= 0.3 is 6.18 Å². The molecule has 6 heteroatoms. The molecule has 1 N–H and O–H groups in total. The molecule has 0 aliphatic carbocycles. The SMILES string of the molecule is CC(O)([C@H](F)CN(Cc1ccccc1)Cc1ccccc1)C(F)(F)F. The maximum atomic E-state index is 14.3. The van der Waals surface area contributed by atoms with Gasteiger partial charge < -0.3 is 5.11 Å². The predicted molar refractivity (Wildman–Crippen MR) is 88.6 cm³/mol. The summed E-state index contributed by atoms with van der Waals surface area (Å²) >= 11 is 0. The van der Waals surface area contributed by atoms with Gasteiger partial charge in [-0.1, -0.05) is 60.7 Å². The highest BCUT2D eigenvalue weighted by molar-refractivity contribution is 5.17. The van der Waals surface area contributed by atoms with E-state index < -0.39 is 24.5 Å². The van der Waals surface area contributed by atoms with E-state index in [1.807, 2.05) is 60.7 Å². The molecule has 1 unspecified atom stereocenters. The molecule has 0 saturated heterocycles. The average Bonchev–Trinajstić information content (AvgIpc) is 2.55. The predicted octanol–water partition coefficient (Wildman–Crippen LogP) is 4.34. The molecular weight excluding hydrogens is 334 g/mol. The smallest absolute Gasteiger partial charge is 0.378 e. The van der Waals surface area contributed by atoms with Crippen LogP contribution < -0.4 is 0 Å². The fraction of sp³-hybridized carbons (Fsp3) is 0.368. The molecule has 2 rings (SSSR count). The standard InChI is InChI=1S/C19H21F4NO/c1-18(25,19(21,22)23)17(20)14-24(12-15-8-4-2-5-9-15)13-16-10-6-3-7-11-16/h2-11,17,25H,12-14H2,1H3/t17-,18?/m1/s1. The third-order valence-electron chi connectivity index (χ3n) is 4.10. The summed E-state index contributed by atoms with van der Waals surface area (Å²) in [6, 6.07) is 18.2. The molecule has 25 heavy (non-hydrogen) atoms. The maximum Gasteiger partial charge on any atom is 0.419 e. The molecular formula is C19H21F4NO. The van der Waals surface area contributed by atoms with Crippen LogP contribution in [0, 0.1) is 0 Å². The zero-order valence-electron chi connectivity index (χ0n) is 13.9. The topological polar surface area (TPSA) is 23.5 Å². The number of hydrogen-bond donors (Lipinski definition) is 1. The van der Waals surface area contributed by atoms with E-state index in [9.17, 15) is 22.7 Å². The summed E-state index contributed by atoms with van der Waals surface area (Å²) < 4.78 is 53.0. The summed E-state index contributed by atoms with van der Waals surface area (Å²) in [5.41, 5.74) is -1.67. The van der Waals surface area contributed by atoms with Crippen molar-refractivity contribution in [1.82, 2.24) is 4.90 Å². The Bertz CT molecular complexity index is 602. The van der Waals surface area contributed by atoms with E-state index in [1.54, 1.807) is 4.90 Å². The Morgan fingerprint density at radius 3 is 1.64 bits per heavy atom. The van der Waals surface area contributed by atoms with Gasteiger partial charge in [0, 0.05) is 19.6 Å². The Hall–Kier alpha value is -1.92. The Morgan fingerprint density at radius 1 is 0.880 bits per heavy atom. The van der Waals surface area contributed by atoms with Crippen LogP contribution in [0.2, 0.25) is 0 Å². The molecule has 2 atom stereocenters. The lowest BCUT2D eigenvalue weighted by Crippen LogP contribution is -2.53. The minimum atomic E-state index is -5.03. The number of aliphatic hydroxyl groups is 1. The lowest BCUT2D eigenvalue weighted by Gasteiger charge is -2.33. The van der Waals surface area contributed by atoms with Gasteiger partial charge in [-0.3, -0.25) is 4.90 Å². The van der Waals surface area contributed by atoms with Crippen LogP contribution in [-0.2, 0) is 13.1 Å². The Balaban J connectivity index is 2.16. The van der Waals surface area contributed by atoms with E-state index in [2.05, 4.69) is 0 Å². The molecule has 0 amide bonds. The number of hydrogen-bond acceptors (Lipinski definition) is 2. The molecule has 0 bridgehead atoms. The van der Waals surface area contributed by atoms with Crippen LogP contribution in [0.15, 0.2) is 60.7 Å². The maximum absolute atomic E-state index is 14.3. The molecule has 0 aliphatic heterocycles. The fourth-order valence-corrected chi connectivity index (χ4v) is 2.45. The minimum absolute atomic E-state index is 0.282. The van der Waals surface area contributed by atoms with E-state index in [0.717, 1.165) is 11.1 Å². The minimum Gasteiger partial charge on any atom is -0.378 e. The van der Waals surface area contributed by atoms with Crippen LogP contribution in [-0.4, -0.2) is 34.5 Å². The first-order valence-corrected chi connectivity index (χ1v) is 7.93. The van der Waals surface area contributed by atoms with E-state index >= 15 is 0 Å². The van der Waals surface area contributed by atoms with Crippen LogP contribution >= 0.6 is 0 Å². The second-order valence-corrected chi connectivity index (χ2v) is 6.25. The van der Waals surface area contributed by atoms with Gasteiger partial charge in [-0.25, -0.2) is 4.39 Å². The van der Waals surface area contributed by atoms with Crippen LogP contribution in [0.3, 0.4) is 0 Å². The van der Waals surface area contributed by atoms with Gasteiger partial charge in [0.1, 0.15) is 6.17 Å². The highest BCUT2D eigenvalue weighted by Crippen LogP contribution is 2.34. The molecule has 2 nitrogen and oxygen atoms in total. The molecule has 136 valence electrons. The first-order valence-electron chi connectivity index (χ1n) is 7.93. The van der Waals surface area contributed by atoms with Crippen LogP contribution in [0.25, 0.3) is 0 Å². The zero-order chi connectivity index (χ0) is 18.5. The van der Waals surface area contributed by atoms with Crippen molar-refractivity contribution in [3.05, 3.63) is 71.8 Å². The van der Waals surface area contributed by atoms with Crippen LogP contribution in [0.5, 0.6) is 0 Å². The molecule has 2 aromatic rings. The summed E-state index contributed by atoms with van der Waals surface area (Å²) in [5, 5.41) is 9.57. The molecule has 0 radical (unpaired) electrons. The first-order chi connectivity index (χ1) is 11.7. The lowest BCUT2D eigenvalue weighted by atomic mass is 9.99. The Kier molecular flexibility index (Phi) is 6.19. The lowest BCUT2D eigenvalue weighted by molar-refractivity contribution is -0.274. The number of alkyl halides is 4. The van der Waals surface area contributed by atoms with Gasteiger partial charge in [0.25, 0.3) is 0 Å². The van der Waals surface area contributed by atoms with Crippen molar-refractivity contribution in [1.29, 1.82) is 0 Å².